The number of aliphatic carboxylic acids is 1. The van der Waals surface area contributed by atoms with Crippen LogP contribution in [0.2, 0.25) is 0 Å². The van der Waals surface area contributed by atoms with E-state index in [1.165, 1.54) is 16.7 Å². The molecular formula is C12H15N3O3S. The van der Waals surface area contributed by atoms with Crippen LogP contribution in [0.15, 0.2) is 6.07 Å². The van der Waals surface area contributed by atoms with Crippen LogP contribution in [-0.4, -0.2) is 49.8 Å². The highest BCUT2D eigenvalue weighted by Gasteiger charge is 2.35. The van der Waals surface area contributed by atoms with Gasteiger partial charge in [0.15, 0.2) is 0 Å². The second-order valence-electron chi connectivity index (χ2n) is 4.33. The summed E-state index contributed by atoms with van der Waals surface area (Å²) in [7, 11) is 0. The number of hydrogen-bond acceptors (Lipinski definition) is 5. The molecule has 0 radical (unpaired) electrons. The summed E-state index contributed by atoms with van der Waals surface area (Å²) in [5, 5.41) is 17.1. The van der Waals surface area contributed by atoms with Gasteiger partial charge in [0.05, 0.1) is 22.8 Å². The van der Waals surface area contributed by atoms with E-state index in [1.54, 1.807) is 13.0 Å². The van der Waals surface area contributed by atoms with Crippen LogP contribution in [0.4, 0.5) is 0 Å². The lowest BCUT2D eigenvalue weighted by Crippen LogP contribution is -2.42. The third-order valence-corrected chi connectivity index (χ3v) is 4.00. The topological polar surface area (TPSA) is 83.4 Å². The summed E-state index contributed by atoms with van der Waals surface area (Å²) in [4.78, 5) is 25.0. The molecule has 1 amide bonds. The first-order valence-corrected chi connectivity index (χ1v) is 7.14. The Kier molecular flexibility index (Phi) is 4.04. The summed E-state index contributed by atoms with van der Waals surface area (Å²) in [6.07, 6.45) is 0.590. The second kappa shape index (κ2) is 5.56. The molecule has 102 valence electrons. The van der Waals surface area contributed by atoms with Crippen LogP contribution in [0.1, 0.15) is 28.7 Å². The summed E-state index contributed by atoms with van der Waals surface area (Å²) >= 11 is 1.45. The Balaban J connectivity index is 2.33. The Hall–Kier alpha value is -1.63. The molecule has 0 aliphatic carbocycles. The van der Waals surface area contributed by atoms with Crippen molar-refractivity contribution in [3.63, 3.8) is 0 Å². The van der Waals surface area contributed by atoms with E-state index in [-0.39, 0.29) is 5.91 Å². The number of carboxylic acids is 1. The van der Waals surface area contributed by atoms with Gasteiger partial charge in [0, 0.05) is 5.75 Å². The SMILES string of the molecule is CCc1nnc(C)cc1C(=O)N1CSC[C@H]1C(=O)O. The number of carboxylic acid groups (broad SMARTS) is 1. The van der Waals surface area contributed by atoms with E-state index >= 15 is 0 Å². The number of hydrogen-bond donors (Lipinski definition) is 1. The number of rotatable bonds is 3. The summed E-state index contributed by atoms with van der Waals surface area (Å²) < 4.78 is 0. The molecule has 1 aliphatic rings. The van der Waals surface area contributed by atoms with Gasteiger partial charge in [-0.2, -0.15) is 10.2 Å². The molecule has 0 spiro atoms. The first kappa shape index (κ1) is 13.8. The third-order valence-electron chi connectivity index (χ3n) is 2.99. The Morgan fingerprint density at radius 3 is 2.89 bits per heavy atom. The molecule has 0 aromatic carbocycles. The molecule has 0 bridgehead atoms. The van der Waals surface area contributed by atoms with Gasteiger partial charge in [-0.25, -0.2) is 4.79 Å². The Morgan fingerprint density at radius 1 is 1.53 bits per heavy atom. The monoisotopic (exact) mass is 281 g/mol. The molecule has 1 aliphatic heterocycles. The van der Waals surface area contributed by atoms with Crippen molar-refractivity contribution in [2.75, 3.05) is 11.6 Å². The molecule has 19 heavy (non-hydrogen) atoms. The van der Waals surface area contributed by atoms with Crippen molar-refractivity contribution in [1.82, 2.24) is 15.1 Å². The number of aryl methyl sites for hydroxylation is 2. The number of carbonyl (C=O) groups excluding carboxylic acids is 1. The lowest BCUT2D eigenvalue weighted by atomic mass is 10.1. The van der Waals surface area contributed by atoms with E-state index in [4.69, 9.17) is 5.11 Å². The van der Waals surface area contributed by atoms with E-state index in [9.17, 15) is 9.59 Å². The van der Waals surface area contributed by atoms with Crippen LogP contribution in [0.25, 0.3) is 0 Å². The van der Waals surface area contributed by atoms with Gasteiger partial charge in [-0.05, 0) is 19.4 Å². The van der Waals surface area contributed by atoms with Crippen molar-refractivity contribution in [1.29, 1.82) is 0 Å². The maximum Gasteiger partial charge on any atom is 0.327 e. The number of thioether (sulfide) groups is 1. The molecule has 0 unspecified atom stereocenters. The summed E-state index contributed by atoms with van der Waals surface area (Å²) in [5.74, 6) is -0.400. The fraction of sp³-hybridized carbons (Fsp3) is 0.500. The number of amides is 1. The average molecular weight is 281 g/mol. The minimum absolute atomic E-state index is 0.271. The number of carbonyl (C=O) groups is 2. The molecule has 1 N–H and O–H groups in total. The Labute approximate surface area is 115 Å². The summed E-state index contributed by atoms with van der Waals surface area (Å²) in [6, 6.07) is 0.923. The van der Waals surface area contributed by atoms with Gasteiger partial charge in [-0.15, -0.1) is 11.8 Å². The summed E-state index contributed by atoms with van der Waals surface area (Å²) in [6.45, 7) is 3.65. The Bertz CT molecular complexity index is 521. The molecule has 2 heterocycles. The first-order chi connectivity index (χ1) is 9.04. The van der Waals surface area contributed by atoms with Gasteiger partial charge in [0.2, 0.25) is 0 Å². The highest BCUT2D eigenvalue weighted by atomic mass is 32.2. The fourth-order valence-corrected chi connectivity index (χ4v) is 3.11. The third kappa shape index (κ3) is 2.70. The minimum atomic E-state index is -0.963. The van der Waals surface area contributed by atoms with Crippen LogP contribution >= 0.6 is 11.8 Å². The van der Waals surface area contributed by atoms with Gasteiger partial charge >= 0.3 is 5.97 Å². The molecule has 7 heteroatoms. The molecule has 1 fully saturated rings. The van der Waals surface area contributed by atoms with Crippen molar-refractivity contribution >= 4 is 23.6 Å². The smallest absolute Gasteiger partial charge is 0.327 e. The standard InChI is InChI=1S/C12H15N3O3S/c1-3-9-8(4-7(2)13-14-9)11(16)15-6-19-5-10(15)12(17)18/h4,10H,3,5-6H2,1-2H3,(H,17,18)/t10-/m0/s1. The van der Waals surface area contributed by atoms with Gasteiger partial charge in [-0.3, -0.25) is 4.79 Å². The maximum absolute atomic E-state index is 12.5. The highest BCUT2D eigenvalue weighted by molar-refractivity contribution is 7.99. The van der Waals surface area contributed by atoms with Gasteiger partial charge < -0.3 is 10.0 Å². The van der Waals surface area contributed by atoms with E-state index < -0.39 is 12.0 Å². The fourth-order valence-electron chi connectivity index (χ4n) is 1.96. The predicted molar refractivity (Wildman–Crippen MR) is 71.1 cm³/mol. The van der Waals surface area contributed by atoms with Crippen molar-refractivity contribution in [2.24, 2.45) is 0 Å². The van der Waals surface area contributed by atoms with Crippen LogP contribution in [0, 0.1) is 6.92 Å². The minimum Gasteiger partial charge on any atom is -0.480 e. The van der Waals surface area contributed by atoms with Gasteiger partial charge in [-0.1, -0.05) is 6.92 Å². The highest BCUT2D eigenvalue weighted by Crippen LogP contribution is 2.24. The van der Waals surface area contributed by atoms with E-state index in [0.717, 1.165) is 0 Å². The molecule has 6 nitrogen and oxygen atoms in total. The van der Waals surface area contributed by atoms with Crippen LogP contribution in [0.3, 0.4) is 0 Å². The maximum atomic E-state index is 12.5. The zero-order valence-corrected chi connectivity index (χ0v) is 11.6. The summed E-state index contributed by atoms with van der Waals surface area (Å²) in [5.41, 5.74) is 1.72. The van der Waals surface area contributed by atoms with Crippen LogP contribution < -0.4 is 0 Å². The van der Waals surface area contributed by atoms with Crippen molar-refractivity contribution < 1.29 is 14.7 Å². The number of aromatic nitrogens is 2. The predicted octanol–water partition coefficient (Wildman–Crippen LogP) is 0.947. The molecule has 1 aromatic rings. The van der Waals surface area contributed by atoms with Crippen molar-refractivity contribution in [3.05, 3.63) is 23.0 Å². The van der Waals surface area contributed by atoms with Gasteiger partial charge in [0.25, 0.3) is 5.91 Å². The van der Waals surface area contributed by atoms with E-state index in [1.807, 2.05) is 6.92 Å². The van der Waals surface area contributed by atoms with E-state index in [0.29, 0.717) is 35.0 Å². The zero-order valence-electron chi connectivity index (χ0n) is 10.8. The Morgan fingerprint density at radius 2 is 2.26 bits per heavy atom. The quantitative estimate of drug-likeness (QED) is 0.888. The molecule has 0 saturated carbocycles. The van der Waals surface area contributed by atoms with Gasteiger partial charge in [0.1, 0.15) is 6.04 Å². The molecule has 2 rings (SSSR count). The zero-order chi connectivity index (χ0) is 14.0. The molecular weight excluding hydrogens is 266 g/mol. The second-order valence-corrected chi connectivity index (χ2v) is 5.33. The average Bonchev–Trinajstić information content (AvgIpc) is 2.87. The lowest BCUT2D eigenvalue weighted by Gasteiger charge is -2.21. The van der Waals surface area contributed by atoms with Crippen LogP contribution in [-0.2, 0) is 11.2 Å². The van der Waals surface area contributed by atoms with Crippen molar-refractivity contribution in [3.8, 4) is 0 Å². The first-order valence-electron chi connectivity index (χ1n) is 5.99. The van der Waals surface area contributed by atoms with Crippen LogP contribution in [0.5, 0.6) is 0 Å². The van der Waals surface area contributed by atoms with E-state index in [2.05, 4.69) is 10.2 Å². The normalized spacial score (nSPS) is 18.6. The molecule has 1 saturated heterocycles. The molecule has 1 atom stereocenters. The largest absolute Gasteiger partial charge is 0.480 e. The lowest BCUT2D eigenvalue weighted by molar-refractivity contribution is -0.140. The number of nitrogens with zero attached hydrogens (tertiary/aromatic N) is 3. The molecule has 1 aromatic heterocycles. The van der Waals surface area contributed by atoms with Crippen molar-refractivity contribution in [2.45, 2.75) is 26.3 Å².